The van der Waals surface area contributed by atoms with Crippen molar-refractivity contribution in [3.05, 3.63) is 87.8 Å². The SMILES string of the molecule is COc1ccc([C@@H](CC(=O)NCc2ccc3c(c2)OCO3)c2c(O)c3ccccc3oc2=O)cc1O. The van der Waals surface area contributed by atoms with Crippen molar-refractivity contribution in [1.82, 2.24) is 5.32 Å². The number of para-hydroxylation sites is 1. The molecule has 1 atom stereocenters. The molecule has 5 rings (SSSR count). The number of phenolic OH excluding ortho intramolecular Hbond substituents is 1. The zero-order chi connectivity index (χ0) is 25.2. The lowest BCUT2D eigenvalue weighted by molar-refractivity contribution is -0.121. The van der Waals surface area contributed by atoms with Gasteiger partial charge in [-0.3, -0.25) is 4.79 Å². The van der Waals surface area contributed by atoms with E-state index in [0.717, 1.165) is 5.56 Å². The molecule has 36 heavy (non-hydrogen) atoms. The van der Waals surface area contributed by atoms with Crippen molar-refractivity contribution in [3.63, 3.8) is 0 Å². The molecule has 4 aromatic rings. The van der Waals surface area contributed by atoms with Gasteiger partial charge in [0.2, 0.25) is 12.7 Å². The topological polar surface area (TPSA) is 127 Å². The van der Waals surface area contributed by atoms with Crippen LogP contribution in [0.1, 0.15) is 29.0 Å². The molecular weight excluding hydrogens is 466 g/mol. The Bertz CT molecular complexity index is 1510. The minimum atomic E-state index is -0.903. The molecule has 1 amide bonds. The van der Waals surface area contributed by atoms with Gasteiger partial charge in [-0.1, -0.05) is 24.3 Å². The van der Waals surface area contributed by atoms with E-state index in [2.05, 4.69) is 5.32 Å². The minimum Gasteiger partial charge on any atom is -0.507 e. The maximum atomic E-state index is 13.0. The third kappa shape index (κ3) is 4.38. The van der Waals surface area contributed by atoms with Crippen LogP contribution >= 0.6 is 0 Å². The Hall–Kier alpha value is -4.66. The summed E-state index contributed by atoms with van der Waals surface area (Å²) in [6, 6.07) is 16.5. The summed E-state index contributed by atoms with van der Waals surface area (Å²) >= 11 is 0. The summed E-state index contributed by atoms with van der Waals surface area (Å²) in [6.45, 7) is 0.369. The number of rotatable bonds is 7. The maximum absolute atomic E-state index is 13.0. The lowest BCUT2D eigenvalue weighted by atomic mass is 9.87. The van der Waals surface area contributed by atoms with E-state index in [9.17, 15) is 19.8 Å². The molecule has 0 saturated carbocycles. The molecule has 3 N–H and O–H groups in total. The molecule has 1 aliphatic heterocycles. The zero-order valence-corrected chi connectivity index (χ0v) is 19.3. The number of carbonyl (C=O) groups excluding carboxylic acids is 1. The lowest BCUT2D eigenvalue weighted by Gasteiger charge is -2.19. The van der Waals surface area contributed by atoms with Gasteiger partial charge in [0.25, 0.3) is 0 Å². The second-order valence-electron chi connectivity index (χ2n) is 8.30. The summed E-state index contributed by atoms with van der Waals surface area (Å²) in [5.74, 6) is -0.231. The number of carbonyl (C=O) groups is 1. The average molecular weight is 489 g/mol. The zero-order valence-electron chi connectivity index (χ0n) is 19.3. The van der Waals surface area contributed by atoms with Crippen molar-refractivity contribution >= 4 is 16.9 Å². The van der Waals surface area contributed by atoms with Gasteiger partial charge < -0.3 is 34.2 Å². The van der Waals surface area contributed by atoms with Crippen molar-refractivity contribution in [1.29, 1.82) is 0 Å². The Kier molecular flexibility index (Phi) is 6.12. The Balaban J connectivity index is 1.47. The van der Waals surface area contributed by atoms with Crippen molar-refractivity contribution in [2.24, 2.45) is 0 Å². The number of amides is 1. The molecule has 184 valence electrons. The third-order valence-corrected chi connectivity index (χ3v) is 6.09. The van der Waals surface area contributed by atoms with E-state index < -0.39 is 11.5 Å². The van der Waals surface area contributed by atoms with E-state index in [0.29, 0.717) is 22.4 Å². The molecule has 3 aromatic carbocycles. The van der Waals surface area contributed by atoms with E-state index in [1.807, 2.05) is 6.07 Å². The van der Waals surface area contributed by atoms with Gasteiger partial charge in [-0.15, -0.1) is 0 Å². The molecule has 0 bridgehead atoms. The van der Waals surface area contributed by atoms with Crippen molar-refractivity contribution in [2.75, 3.05) is 13.9 Å². The third-order valence-electron chi connectivity index (χ3n) is 6.09. The average Bonchev–Trinajstić information content (AvgIpc) is 3.35. The first-order valence-corrected chi connectivity index (χ1v) is 11.2. The van der Waals surface area contributed by atoms with E-state index in [1.165, 1.54) is 19.2 Å². The van der Waals surface area contributed by atoms with E-state index in [-0.39, 0.29) is 54.1 Å². The minimum absolute atomic E-state index is 0.0727. The van der Waals surface area contributed by atoms with Crippen LogP contribution in [0.3, 0.4) is 0 Å². The van der Waals surface area contributed by atoms with E-state index >= 15 is 0 Å². The van der Waals surface area contributed by atoms with E-state index in [1.54, 1.807) is 42.5 Å². The van der Waals surface area contributed by atoms with Crippen LogP contribution in [0.4, 0.5) is 0 Å². The summed E-state index contributed by atoms with van der Waals surface area (Å²) in [4.78, 5) is 26.0. The summed E-state index contributed by atoms with van der Waals surface area (Å²) in [7, 11) is 1.42. The van der Waals surface area contributed by atoms with Crippen molar-refractivity contribution in [2.45, 2.75) is 18.9 Å². The second kappa shape index (κ2) is 9.53. The fraction of sp³-hybridized carbons (Fsp3) is 0.185. The number of benzene rings is 3. The first-order chi connectivity index (χ1) is 17.4. The van der Waals surface area contributed by atoms with Crippen molar-refractivity contribution < 1.29 is 33.6 Å². The standard InChI is InChI=1S/C27H23NO8/c1-33-21-9-7-16(11-19(21)29)18(25-26(31)17-4-2-3-5-20(17)36-27(25)32)12-24(30)28-13-15-6-8-22-23(10-15)35-14-34-22/h2-11,18,29,31H,12-14H2,1H3,(H,28,30)/t18-/m1/s1. The number of aromatic hydroxyl groups is 2. The quantitative estimate of drug-likeness (QED) is 0.335. The summed E-state index contributed by atoms with van der Waals surface area (Å²) in [5.41, 5.74) is 0.627. The number of methoxy groups -OCH3 is 1. The number of ether oxygens (including phenoxy) is 3. The van der Waals surface area contributed by atoms with Gasteiger partial charge in [0.1, 0.15) is 11.3 Å². The molecule has 0 radical (unpaired) electrons. The van der Waals surface area contributed by atoms with Gasteiger partial charge in [0.05, 0.1) is 18.1 Å². The molecule has 0 saturated heterocycles. The lowest BCUT2D eigenvalue weighted by Crippen LogP contribution is -2.26. The van der Waals surface area contributed by atoms with Crippen LogP contribution in [0.2, 0.25) is 0 Å². The van der Waals surface area contributed by atoms with Crippen LogP contribution in [0, 0.1) is 0 Å². The van der Waals surface area contributed by atoms with Gasteiger partial charge in [-0.25, -0.2) is 4.79 Å². The Morgan fingerprint density at radius 2 is 1.86 bits per heavy atom. The van der Waals surface area contributed by atoms with Crippen LogP contribution in [0.25, 0.3) is 11.0 Å². The van der Waals surface area contributed by atoms with Gasteiger partial charge in [-0.05, 0) is 47.5 Å². The maximum Gasteiger partial charge on any atom is 0.343 e. The Labute approximate surface area is 205 Å². The predicted octanol–water partition coefficient (Wildman–Crippen LogP) is 3.78. The molecule has 0 spiro atoms. The highest BCUT2D eigenvalue weighted by Crippen LogP contribution is 2.39. The molecular formula is C27H23NO8. The highest BCUT2D eigenvalue weighted by molar-refractivity contribution is 5.85. The van der Waals surface area contributed by atoms with Crippen LogP contribution < -0.4 is 25.2 Å². The molecule has 1 aliphatic rings. The second-order valence-corrected chi connectivity index (χ2v) is 8.30. The van der Waals surface area contributed by atoms with Crippen LogP contribution in [-0.4, -0.2) is 30.0 Å². The fourth-order valence-corrected chi connectivity index (χ4v) is 4.27. The normalized spacial score (nSPS) is 12.9. The highest BCUT2D eigenvalue weighted by Gasteiger charge is 2.28. The molecule has 1 aromatic heterocycles. The summed E-state index contributed by atoms with van der Waals surface area (Å²) in [6.07, 6.45) is -0.188. The van der Waals surface area contributed by atoms with Gasteiger partial charge in [0, 0.05) is 18.9 Å². The number of hydrogen-bond donors (Lipinski definition) is 3. The van der Waals surface area contributed by atoms with Gasteiger partial charge in [-0.2, -0.15) is 0 Å². The summed E-state index contributed by atoms with van der Waals surface area (Å²) < 4.78 is 21.2. The molecule has 9 nitrogen and oxygen atoms in total. The molecule has 0 unspecified atom stereocenters. The predicted molar refractivity (Wildman–Crippen MR) is 130 cm³/mol. The van der Waals surface area contributed by atoms with Gasteiger partial charge in [0.15, 0.2) is 23.0 Å². The van der Waals surface area contributed by atoms with Crippen molar-refractivity contribution in [3.8, 4) is 28.7 Å². The number of hydrogen-bond acceptors (Lipinski definition) is 8. The van der Waals surface area contributed by atoms with E-state index in [4.69, 9.17) is 18.6 Å². The Morgan fingerprint density at radius 1 is 1.06 bits per heavy atom. The van der Waals surface area contributed by atoms with Gasteiger partial charge >= 0.3 is 5.63 Å². The number of phenols is 1. The van der Waals surface area contributed by atoms with Crippen LogP contribution in [-0.2, 0) is 11.3 Å². The molecule has 2 heterocycles. The van der Waals surface area contributed by atoms with Crippen LogP contribution in [0.5, 0.6) is 28.7 Å². The largest absolute Gasteiger partial charge is 0.507 e. The Morgan fingerprint density at radius 3 is 2.67 bits per heavy atom. The summed E-state index contributed by atoms with van der Waals surface area (Å²) in [5, 5.41) is 24.6. The first kappa shape index (κ1) is 23.1. The molecule has 0 fully saturated rings. The fourth-order valence-electron chi connectivity index (χ4n) is 4.27. The van der Waals surface area contributed by atoms with Crippen LogP contribution in [0.15, 0.2) is 69.9 Å². The highest BCUT2D eigenvalue weighted by atomic mass is 16.7. The number of nitrogens with one attached hydrogen (secondary N) is 1. The number of fused-ring (bicyclic) bond motifs is 2. The molecule has 0 aliphatic carbocycles. The monoisotopic (exact) mass is 489 g/mol. The first-order valence-electron chi connectivity index (χ1n) is 11.2. The molecule has 9 heteroatoms. The smallest absolute Gasteiger partial charge is 0.343 e.